The van der Waals surface area contributed by atoms with Crippen LogP contribution in [0.1, 0.15) is 0 Å². The monoisotopic (exact) mass is 113 g/mol. The molecule has 0 N–H and O–H groups in total. The number of anilines is 1. The van der Waals surface area contributed by atoms with Crippen LogP contribution in [-0.4, -0.2) is 24.4 Å². The van der Waals surface area contributed by atoms with Crippen LogP contribution in [-0.2, 0) is 0 Å². The molecule has 0 aliphatic rings. The summed E-state index contributed by atoms with van der Waals surface area (Å²) in [5.41, 5.74) is 0. The van der Waals surface area contributed by atoms with Crippen molar-refractivity contribution in [2.75, 3.05) is 19.0 Å². The molecule has 0 unspecified atom stereocenters. The van der Waals surface area contributed by atoms with Gasteiger partial charge in [0.15, 0.2) is 5.82 Å². The minimum atomic E-state index is 0.741. The van der Waals surface area contributed by atoms with Gasteiger partial charge >= 0.3 is 0 Å². The molecule has 0 fully saturated rings. The Morgan fingerprint density at radius 1 is 1.62 bits per heavy atom. The predicted octanol–water partition coefficient (Wildman–Crippen LogP) is 0.136. The fourth-order valence-corrected chi connectivity index (χ4v) is 0.357. The summed E-state index contributed by atoms with van der Waals surface area (Å²) in [5, 5.41) is 6.97. The molecular weight excluding hydrogens is 106 g/mol. The van der Waals surface area contributed by atoms with E-state index in [2.05, 4.69) is 14.9 Å². The second-order valence-electron chi connectivity index (χ2n) is 1.66. The first-order chi connectivity index (χ1) is 3.80. The second-order valence-corrected chi connectivity index (χ2v) is 1.66. The van der Waals surface area contributed by atoms with Gasteiger partial charge in [-0.25, -0.2) is 4.63 Å². The smallest absolute Gasteiger partial charge is 0.192 e. The van der Waals surface area contributed by atoms with Gasteiger partial charge < -0.3 is 4.90 Å². The highest BCUT2D eigenvalue weighted by molar-refractivity contribution is 5.29. The molecule has 4 nitrogen and oxygen atoms in total. The minimum Gasteiger partial charge on any atom is -0.359 e. The van der Waals surface area contributed by atoms with Crippen molar-refractivity contribution >= 4 is 5.82 Å². The van der Waals surface area contributed by atoms with E-state index in [0.29, 0.717) is 0 Å². The van der Waals surface area contributed by atoms with Gasteiger partial charge in [-0.2, -0.15) is 0 Å². The van der Waals surface area contributed by atoms with E-state index in [1.54, 1.807) is 6.20 Å². The third-order valence-corrected chi connectivity index (χ3v) is 0.808. The van der Waals surface area contributed by atoms with Crippen LogP contribution in [0.4, 0.5) is 5.82 Å². The first kappa shape index (κ1) is 5.08. The number of nitrogens with zero attached hydrogens (tertiary/aromatic N) is 3. The van der Waals surface area contributed by atoms with E-state index in [-0.39, 0.29) is 0 Å². The maximum atomic E-state index is 4.33. The van der Waals surface area contributed by atoms with Crippen LogP contribution in [0.5, 0.6) is 0 Å². The molecule has 0 aromatic carbocycles. The van der Waals surface area contributed by atoms with Gasteiger partial charge in [-0.05, 0) is 5.16 Å². The molecule has 1 rings (SSSR count). The Balaban J connectivity index is 2.77. The zero-order valence-electron chi connectivity index (χ0n) is 4.83. The molecule has 1 aromatic rings. The molecule has 0 saturated carbocycles. The summed E-state index contributed by atoms with van der Waals surface area (Å²) in [6.45, 7) is 0. The predicted molar refractivity (Wildman–Crippen MR) is 28.6 cm³/mol. The van der Waals surface area contributed by atoms with Crippen molar-refractivity contribution in [1.82, 2.24) is 10.3 Å². The van der Waals surface area contributed by atoms with Crippen LogP contribution >= 0.6 is 0 Å². The lowest BCUT2D eigenvalue weighted by molar-refractivity contribution is 0.307. The molecule has 1 aromatic heterocycles. The number of hydrogen-bond acceptors (Lipinski definition) is 4. The number of hydrogen-bond donors (Lipinski definition) is 0. The minimum absolute atomic E-state index is 0.741. The Bertz CT molecular complexity index is 146. The normalized spacial score (nSPS) is 9.25. The highest BCUT2D eigenvalue weighted by atomic mass is 16.6. The Kier molecular flexibility index (Phi) is 1.15. The zero-order chi connectivity index (χ0) is 5.98. The molecule has 0 saturated heterocycles. The van der Waals surface area contributed by atoms with Gasteiger partial charge in [0.1, 0.15) is 6.20 Å². The third kappa shape index (κ3) is 0.776. The first-order valence-corrected chi connectivity index (χ1v) is 2.25. The van der Waals surface area contributed by atoms with E-state index < -0.39 is 0 Å². The molecule has 0 aliphatic heterocycles. The Morgan fingerprint density at radius 2 is 2.38 bits per heavy atom. The van der Waals surface area contributed by atoms with E-state index in [9.17, 15) is 0 Å². The summed E-state index contributed by atoms with van der Waals surface area (Å²) >= 11 is 0. The lowest BCUT2D eigenvalue weighted by atomic mass is 10.7. The van der Waals surface area contributed by atoms with Gasteiger partial charge in [-0.3, -0.25) is 0 Å². The van der Waals surface area contributed by atoms with Gasteiger partial charge in [0.25, 0.3) is 0 Å². The zero-order valence-corrected chi connectivity index (χ0v) is 4.83. The summed E-state index contributed by atoms with van der Waals surface area (Å²) < 4.78 is 4.33. The Labute approximate surface area is 47.1 Å². The SMILES string of the molecule is CN(C)c1cnon1. The van der Waals surface area contributed by atoms with E-state index in [4.69, 9.17) is 0 Å². The van der Waals surface area contributed by atoms with Gasteiger partial charge in [0.2, 0.25) is 0 Å². The fraction of sp³-hybridized carbons (Fsp3) is 0.500. The lowest BCUT2D eigenvalue weighted by Crippen LogP contribution is -2.08. The van der Waals surface area contributed by atoms with Crippen molar-refractivity contribution < 1.29 is 4.63 Å². The lowest BCUT2D eigenvalue weighted by Gasteiger charge is -2.02. The maximum Gasteiger partial charge on any atom is 0.192 e. The van der Waals surface area contributed by atoms with Crippen molar-refractivity contribution in [3.63, 3.8) is 0 Å². The van der Waals surface area contributed by atoms with Crippen LogP contribution in [0, 0.1) is 0 Å². The molecule has 0 aliphatic carbocycles. The van der Waals surface area contributed by atoms with Crippen molar-refractivity contribution in [3.8, 4) is 0 Å². The fourth-order valence-electron chi connectivity index (χ4n) is 0.357. The molecular formula is C4H7N3O. The molecule has 0 atom stereocenters. The van der Waals surface area contributed by atoms with E-state index in [1.165, 1.54) is 0 Å². The maximum absolute atomic E-state index is 4.33. The molecule has 4 heteroatoms. The second kappa shape index (κ2) is 1.81. The van der Waals surface area contributed by atoms with Gasteiger partial charge in [0.05, 0.1) is 0 Å². The van der Waals surface area contributed by atoms with Crippen molar-refractivity contribution in [2.24, 2.45) is 0 Å². The van der Waals surface area contributed by atoms with Crippen molar-refractivity contribution in [2.45, 2.75) is 0 Å². The largest absolute Gasteiger partial charge is 0.359 e. The summed E-state index contributed by atoms with van der Waals surface area (Å²) in [7, 11) is 3.75. The molecule has 1 heterocycles. The van der Waals surface area contributed by atoms with E-state index >= 15 is 0 Å². The summed E-state index contributed by atoms with van der Waals surface area (Å²) in [5.74, 6) is 0.741. The Morgan fingerprint density at radius 3 is 2.62 bits per heavy atom. The summed E-state index contributed by atoms with van der Waals surface area (Å²) in [6.07, 6.45) is 1.56. The average Bonchev–Trinajstić information content (AvgIpc) is 2.12. The number of aromatic nitrogens is 2. The van der Waals surface area contributed by atoms with Crippen molar-refractivity contribution in [1.29, 1.82) is 0 Å². The first-order valence-electron chi connectivity index (χ1n) is 2.25. The van der Waals surface area contributed by atoms with Crippen LogP contribution in [0.2, 0.25) is 0 Å². The highest BCUT2D eigenvalue weighted by Crippen LogP contribution is 2.00. The van der Waals surface area contributed by atoms with Crippen LogP contribution in [0.15, 0.2) is 10.8 Å². The molecule has 0 spiro atoms. The Hall–Kier alpha value is -1.06. The summed E-state index contributed by atoms with van der Waals surface area (Å²) in [4.78, 5) is 1.82. The van der Waals surface area contributed by atoms with Crippen LogP contribution in [0.25, 0.3) is 0 Å². The molecule has 0 radical (unpaired) electrons. The van der Waals surface area contributed by atoms with Gasteiger partial charge in [-0.1, -0.05) is 5.16 Å². The molecule has 0 amide bonds. The molecule has 0 bridgehead atoms. The van der Waals surface area contributed by atoms with Crippen LogP contribution in [0.3, 0.4) is 0 Å². The molecule has 44 valence electrons. The number of rotatable bonds is 1. The average molecular weight is 113 g/mol. The van der Waals surface area contributed by atoms with Gasteiger partial charge in [0, 0.05) is 14.1 Å². The summed E-state index contributed by atoms with van der Waals surface area (Å²) in [6, 6.07) is 0. The standard InChI is InChI=1S/C4H7N3O/c1-7(2)4-3-5-8-6-4/h3H,1-2H3. The third-order valence-electron chi connectivity index (χ3n) is 0.808. The quantitative estimate of drug-likeness (QED) is 0.519. The highest BCUT2D eigenvalue weighted by Gasteiger charge is 1.95. The van der Waals surface area contributed by atoms with E-state index in [1.807, 2.05) is 19.0 Å². The molecule has 8 heavy (non-hydrogen) atoms. The van der Waals surface area contributed by atoms with Crippen molar-refractivity contribution in [3.05, 3.63) is 6.20 Å². The van der Waals surface area contributed by atoms with Gasteiger partial charge in [-0.15, -0.1) is 0 Å². The van der Waals surface area contributed by atoms with Crippen LogP contribution < -0.4 is 4.90 Å². The topological polar surface area (TPSA) is 42.2 Å². The van der Waals surface area contributed by atoms with E-state index in [0.717, 1.165) is 5.82 Å².